The van der Waals surface area contributed by atoms with Gasteiger partial charge in [0.15, 0.2) is 0 Å². The number of hydrogen-bond donors (Lipinski definition) is 0. The maximum atomic E-state index is 15.1. The Hall–Kier alpha value is -11.2. The van der Waals surface area contributed by atoms with Gasteiger partial charge < -0.3 is 9.47 Å². The molecule has 8 heteroatoms. The summed E-state index contributed by atoms with van der Waals surface area (Å²) in [7, 11) is 0. The van der Waals surface area contributed by atoms with Crippen LogP contribution in [0.25, 0.3) is 71.6 Å². The van der Waals surface area contributed by atoms with Crippen LogP contribution in [0.5, 0.6) is 23.0 Å². The van der Waals surface area contributed by atoms with Crippen LogP contribution in [-0.2, 0) is 10.8 Å². The number of allylic oxidation sites excluding steroid dienone is 8. The molecular weight excluding hydrogens is 1110 g/mol. The lowest BCUT2D eigenvalue weighted by Crippen LogP contribution is -2.41. The number of benzene rings is 11. The van der Waals surface area contributed by atoms with E-state index in [-0.39, 0.29) is 16.7 Å². The molecule has 90 heavy (non-hydrogen) atoms. The summed E-state index contributed by atoms with van der Waals surface area (Å²) in [6, 6.07) is 67.8. The van der Waals surface area contributed by atoms with Crippen molar-refractivity contribution in [3.63, 3.8) is 0 Å². The molecule has 4 aliphatic carbocycles. The molecule has 0 saturated heterocycles. The molecule has 0 unspecified atom stereocenters. The summed E-state index contributed by atoms with van der Waals surface area (Å²) < 4.78 is 13.3. The number of carbonyl (C=O) groups is 4. The predicted octanol–water partition coefficient (Wildman–Crippen LogP) is 19.7. The average molecular weight is 1170 g/mol. The van der Waals surface area contributed by atoms with Gasteiger partial charge in [-0.05, 0) is 162 Å². The number of hydrogen-bond acceptors (Lipinski definition) is 6. The predicted molar refractivity (Wildman–Crippen MR) is 358 cm³/mol. The van der Waals surface area contributed by atoms with Crippen molar-refractivity contribution in [2.75, 3.05) is 9.80 Å². The van der Waals surface area contributed by atoms with Gasteiger partial charge in [-0.3, -0.25) is 19.2 Å². The van der Waals surface area contributed by atoms with Crippen molar-refractivity contribution in [2.45, 2.75) is 50.9 Å². The van der Waals surface area contributed by atoms with E-state index in [0.717, 1.165) is 56.1 Å². The lowest BCUT2D eigenvalue weighted by molar-refractivity contribution is 0.0877. The third-order valence-electron chi connectivity index (χ3n) is 19.5. The molecule has 0 fully saturated rings. The van der Waals surface area contributed by atoms with Crippen LogP contribution in [0.1, 0.15) is 115 Å². The molecule has 0 spiro atoms. The SMILES string of the molecule is CC1(C)c2ccccc2-c2ccc(Oc3ccc(C4=CCC=C4)c(N4C(=O)c5cccc6c(-c7ccc(-c8ccc9c%10c(cccc8%10)C(=O)N(c8cc(Oc%10ccc%11c(c%10)C(C)(C)c%10ccccc%10-%11)ccc8C8C=CC=C8)C9=O)cc7)ccc(c56)C4=O)c3)cc21. The van der Waals surface area contributed by atoms with Gasteiger partial charge in [-0.1, -0.05) is 198 Å². The van der Waals surface area contributed by atoms with E-state index >= 15 is 19.2 Å². The molecule has 11 aromatic carbocycles. The zero-order valence-corrected chi connectivity index (χ0v) is 49.8. The maximum Gasteiger partial charge on any atom is 0.266 e. The normalized spacial score (nSPS) is 16.1. The largest absolute Gasteiger partial charge is 0.457 e. The molecule has 0 N–H and O–H groups in total. The van der Waals surface area contributed by atoms with Crippen molar-refractivity contribution in [2.24, 2.45) is 0 Å². The average Bonchev–Trinajstić information content (AvgIpc) is 1.30. The fourth-order valence-corrected chi connectivity index (χ4v) is 15.1. The van der Waals surface area contributed by atoms with E-state index in [9.17, 15) is 0 Å². The molecule has 0 aromatic heterocycles. The Balaban J connectivity index is 0.671. The van der Waals surface area contributed by atoms with Gasteiger partial charge in [-0.15, -0.1) is 0 Å². The molecule has 8 nitrogen and oxygen atoms in total. The molecule has 17 rings (SSSR count). The molecule has 0 atom stereocenters. The molecule has 0 radical (unpaired) electrons. The van der Waals surface area contributed by atoms with Gasteiger partial charge in [0.25, 0.3) is 23.6 Å². The smallest absolute Gasteiger partial charge is 0.266 e. The first-order chi connectivity index (χ1) is 43.8. The van der Waals surface area contributed by atoms with Gasteiger partial charge >= 0.3 is 0 Å². The molecule has 0 saturated carbocycles. The summed E-state index contributed by atoms with van der Waals surface area (Å²) >= 11 is 0. The number of imide groups is 2. The molecular formula is C82H56N2O6. The lowest BCUT2D eigenvalue weighted by Gasteiger charge is -2.30. The molecule has 6 aliphatic rings. The highest BCUT2D eigenvalue weighted by molar-refractivity contribution is 6.38. The highest BCUT2D eigenvalue weighted by Gasteiger charge is 2.41. The standard InChI is InChI=1S/C82H56N2O6/c1-81(2)69-25-11-9-19-59(69)61-37-33-51(43-71(61)81)89-53-31-35-57(47-15-5-6-16-47)73(45-53)83-77(85)65-23-13-21-63-55(39-41-67(75(63)65)79(83)87)49-27-29-50(30-28-49)56-40-42-68-76-64(56)22-14-24-66(76)78(86)84(80(68)88)74-46-54(32-36-58(74)48-17-7-8-18-48)90-52-34-38-62-60-20-10-12-26-70(60)82(3,4)72(62)44-52/h5-7,9-47H,8H2,1-4H3. The van der Waals surface area contributed by atoms with Gasteiger partial charge in [0.1, 0.15) is 23.0 Å². The van der Waals surface area contributed by atoms with Crippen molar-refractivity contribution in [1.82, 2.24) is 0 Å². The van der Waals surface area contributed by atoms with E-state index in [1.165, 1.54) is 54.3 Å². The Morgan fingerprint density at radius 2 is 0.778 bits per heavy atom. The fourth-order valence-electron chi connectivity index (χ4n) is 15.1. The highest BCUT2D eigenvalue weighted by atomic mass is 16.5. The number of anilines is 2. The topological polar surface area (TPSA) is 93.2 Å². The summed E-state index contributed by atoms with van der Waals surface area (Å²) in [5, 5.41) is 2.76. The summed E-state index contributed by atoms with van der Waals surface area (Å²) in [5.41, 5.74) is 17.9. The third-order valence-corrected chi connectivity index (χ3v) is 19.5. The second-order valence-corrected chi connectivity index (χ2v) is 25.2. The Morgan fingerprint density at radius 3 is 1.28 bits per heavy atom. The van der Waals surface area contributed by atoms with Crippen LogP contribution in [0.4, 0.5) is 11.4 Å². The van der Waals surface area contributed by atoms with Crippen LogP contribution in [-0.4, -0.2) is 23.6 Å². The van der Waals surface area contributed by atoms with Crippen LogP contribution in [0, 0.1) is 0 Å². The highest BCUT2D eigenvalue weighted by Crippen LogP contribution is 2.53. The van der Waals surface area contributed by atoms with Gasteiger partial charge in [-0.25, -0.2) is 9.80 Å². The number of amides is 4. The van der Waals surface area contributed by atoms with Crippen LogP contribution in [0.3, 0.4) is 0 Å². The van der Waals surface area contributed by atoms with Crippen molar-refractivity contribution in [1.29, 1.82) is 0 Å². The summed E-state index contributed by atoms with van der Waals surface area (Å²) in [5.74, 6) is 0.525. The number of carbonyl (C=O) groups excluding carboxylic acids is 4. The molecule has 430 valence electrons. The quantitative estimate of drug-likeness (QED) is 0.127. The third kappa shape index (κ3) is 7.86. The number of ether oxygens (including phenoxy) is 2. The number of fused-ring (bicyclic) bond motifs is 6. The Labute approximate surface area is 520 Å². The van der Waals surface area contributed by atoms with E-state index in [1.807, 2.05) is 140 Å². The van der Waals surface area contributed by atoms with E-state index < -0.39 is 23.6 Å². The minimum Gasteiger partial charge on any atom is -0.457 e. The van der Waals surface area contributed by atoms with Crippen LogP contribution in [0.15, 0.2) is 249 Å². The number of nitrogens with zero attached hydrogens (tertiary/aromatic N) is 2. The Morgan fingerprint density at radius 1 is 0.378 bits per heavy atom. The van der Waals surface area contributed by atoms with E-state index in [1.54, 1.807) is 12.1 Å². The lowest BCUT2D eigenvalue weighted by atomic mass is 9.82. The van der Waals surface area contributed by atoms with Crippen LogP contribution >= 0.6 is 0 Å². The monoisotopic (exact) mass is 1160 g/mol. The van der Waals surface area contributed by atoms with Crippen molar-refractivity contribution in [3.05, 3.63) is 304 Å². The van der Waals surface area contributed by atoms with Gasteiger partial charge in [-0.2, -0.15) is 0 Å². The first-order valence-corrected chi connectivity index (χ1v) is 30.6. The van der Waals surface area contributed by atoms with E-state index in [4.69, 9.17) is 9.47 Å². The maximum absolute atomic E-state index is 15.1. The first-order valence-electron chi connectivity index (χ1n) is 30.6. The summed E-state index contributed by atoms with van der Waals surface area (Å²) in [4.78, 5) is 63.1. The second-order valence-electron chi connectivity index (χ2n) is 25.2. The molecule has 11 aromatic rings. The summed E-state index contributed by atoms with van der Waals surface area (Å²) in [6.07, 6.45) is 15.0. The Bertz CT molecular complexity index is 5150. The first kappa shape index (κ1) is 53.1. The van der Waals surface area contributed by atoms with E-state index in [0.29, 0.717) is 67.4 Å². The Kier molecular flexibility index (Phi) is 11.6. The van der Waals surface area contributed by atoms with E-state index in [2.05, 4.69) is 125 Å². The minimum absolute atomic E-state index is 0.155. The molecule has 0 bridgehead atoms. The van der Waals surface area contributed by atoms with Crippen LogP contribution < -0.4 is 19.3 Å². The summed E-state index contributed by atoms with van der Waals surface area (Å²) in [6.45, 7) is 8.94. The molecule has 2 aliphatic heterocycles. The van der Waals surface area contributed by atoms with Gasteiger partial charge in [0.05, 0.1) is 11.4 Å². The zero-order chi connectivity index (χ0) is 60.9. The van der Waals surface area contributed by atoms with Crippen molar-refractivity contribution < 1.29 is 28.7 Å². The zero-order valence-electron chi connectivity index (χ0n) is 49.8. The fraction of sp³-hybridized carbons (Fsp3) is 0.0976. The molecule has 4 amide bonds. The van der Waals surface area contributed by atoms with Gasteiger partial charge in [0, 0.05) is 67.5 Å². The van der Waals surface area contributed by atoms with Crippen molar-refractivity contribution in [3.8, 4) is 67.5 Å². The van der Waals surface area contributed by atoms with Gasteiger partial charge in [0.2, 0.25) is 0 Å². The van der Waals surface area contributed by atoms with Crippen molar-refractivity contribution >= 4 is 62.1 Å². The number of rotatable bonds is 10. The van der Waals surface area contributed by atoms with Crippen LogP contribution in [0.2, 0.25) is 0 Å². The second kappa shape index (κ2) is 19.6. The molecule has 2 heterocycles. The minimum atomic E-state index is -0.417.